The molecular formula is C8H15NO2. The number of hydrogen-bond donors (Lipinski definition) is 1. The van der Waals surface area contributed by atoms with Crippen LogP contribution >= 0.6 is 0 Å². The Bertz CT molecular complexity index is 156. The molecule has 0 bridgehead atoms. The van der Waals surface area contributed by atoms with Crippen LogP contribution in [-0.2, 0) is 4.74 Å². The molecule has 1 unspecified atom stereocenters. The molecule has 3 nitrogen and oxygen atoms in total. The molecule has 1 saturated heterocycles. The molecule has 1 atom stereocenters. The molecule has 1 aliphatic carbocycles. The van der Waals surface area contributed by atoms with Gasteiger partial charge in [-0.25, -0.2) is 0 Å². The van der Waals surface area contributed by atoms with Crippen molar-refractivity contribution in [2.75, 3.05) is 20.2 Å². The standard InChI is InChI=1S/C8H15NO2/c1-11-7-2-5-9(6-7)8(10)3-4-8/h7,10H,2-6H2,1H3. The lowest BCUT2D eigenvalue weighted by molar-refractivity contribution is -0.0163. The molecule has 64 valence electrons. The van der Waals surface area contributed by atoms with Crippen molar-refractivity contribution in [2.24, 2.45) is 0 Å². The van der Waals surface area contributed by atoms with E-state index < -0.39 is 5.72 Å². The molecule has 1 heterocycles. The van der Waals surface area contributed by atoms with Gasteiger partial charge in [0.25, 0.3) is 0 Å². The SMILES string of the molecule is COC1CCN(C2(O)CC2)C1. The zero-order chi connectivity index (χ0) is 7.90. The van der Waals surface area contributed by atoms with Crippen LogP contribution in [-0.4, -0.2) is 42.0 Å². The number of ether oxygens (including phenoxy) is 1. The Hall–Kier alpha value is -0.120. The Morgan fingerprint density at radius 2 is 2.27 bits per heavy atom. The molecular weight excluding hydrogens is 142 g/mol. The minimum absolute atomic E-state index is 0.347. The van der Waals surface area contributed by atoms with Gasteiger partial charge in [0.2, 0.25) is 0 Å². The summed E-state index contributed by atoms with van der Waals surface area (Å²) in [6.45, 7) is 1.90. The summed E-state index contributed by atoms with van der Waals surface area (Å²) in [5.74, 6) is 0. The Morgan fingerprint density at radius 1 is 1.55 bits per heavy atom. The van der Waals surface area contributed by atoms with Crippen LogP contribution in [0.2, 0.25) is 0 Å². The van der Waals surface area contributed by atoms with E-state index in [-0.39, 0.29) is 0 Å². The Balaban J connectivity index is 1.89. The van der Waals surface area contributed by atoms with E-state index in [1.165, 1.54) is 0 Å². The third-order valence-corrected chi connectivity index (χ3v) is 2.76. The van der Waals surface area contributed by atoms with Gasteiger partial charge in [-0.15, -0.1) is 0 Å². The van der Waals surface area contributed by atoms with Crippen molar-refractivity contribution in [2.45, 2.75) is 31.1 Å². The first kappa shape index (κ1) is 7.53. The number of likely N-dealkylation sites (tertiary alicyclic amines) is 1. The highest BCUT2D eigenvalue weighted by molar-refractivity contribution is 4.96. The van der Waals surface area contributed by atoms with Crippen LogP contribution < -0.4 is 0 Å². The lowest BCUT2D eigenvalue weighted by Crippen LogP contribution is -2.35. The van der Waals surface area contributed by atoms with Crippen LogP contribution in [0.3, 0.4) is 0 Å². The molecule has 1 N–H and O–H groups in total. The molecule has 11 heavy (non-hydrogen) atoms. The van der Waals surface area contributed by atoms with Gasteiger partial charge in [-0.05, 0) is 19.3 Å². The van der Waals surface area contributed by atoms with Crippen molar-refractivity contribution in [3.05, 3.63) is 0 Å². The van der Waals surface area contributed by atoms with Crippen LogP contribution in [0.1, 0.15) is 19.3 Å². The predicted octanol–water partition coefficient (Wildman–Crippen LogP) is 0.189. The van der Waals surface area contributed by atoms with Crippen molar-refractivity contribution in [1.29, 1.82) is 0 Å². The smallest absolute Gasteiger partial charge is 0.118 e. The van der Waals surface area contributed by atoms with Crippen LogP contribution in [0.4, 0.5) is 0 Å². The number of rotatable bonds is 2. The minimum Gasteiger partial charge on any atom is -0.380 e. The summed E-state index contributed by atoms with van der Waals surface area (Å²) < 4.78 is 5.21. The summed E-state index contributed by atoms with van der Waals surface area (Å²) in [6, 6.07) is 0. The van der Waals surface area contributed by atoms with E-state index in [4.69, 9.17) is 4.74 Å². The van der Waals surface area contributed by atoms with Gasteiger partial charge in [0, 0.05) is 20.2 Å². The molecule has 2 rings (SSSR count). The average Bonchev–Trinajstić information content (AvgIpc) is 2.61. The zero-order valence-corrected chi connectivity index (χ0v) is 6.92. The summed E-state index contributed by atoms with van der Waals surface area (Å²) in [5.41, 5.74) is -0.437. The van der Waals surface area contributed by atoms with Gasteiger partial charge in [-0.2, -0.15) is 0 Å². The van der Waals surface area contributed by atoms with E-state index in [1.54, 1.807) is 7.11 Å². The summed E-state index contributed by atoms with van der Waals surface area (Å²) >= 11 is 0. The van der Waals surface area contributed by atoms with Crippen molar-refractivity contribution in [3.8, 4) is 0 Å². The van der Waals surface area contributed by atoms with Crippen LogP contribution in [0.5, 0.6) is 0 Å². The predicted molar refractivity (Wildman–Crippen MR) is 41.2 cm³/mol. The third-order valence-electron chi connectivity index (χ3n) is 2.76. The van der Waals surface area contributed by atoms with Gasteiger partial charge >= 0.3 is 0 Å². The van der Waals surface area contributed by atoms with E-state index in [0.717, 1.165) is 32.4 Å². The van der Waals surface area contributed by atoms with Crippen LogP contribution in [0, 0.1) is 0 Å². The molecule has 1 aliphatic heterocycles. The Kier molecular flexibility index (Phi) is 1.67. The first-order chi connectivity index (χ1) is 5.24. The maximum atomic E-state index is 9.71. The van der Waals surface area contributed by atoms with E-state index in [2.05, 4.69) is 4.90 Å². The fourth-order valence-electron chi connectivity index (χ4n) is 1.73. The number of aliphatic hydroxyl groups is 1. The highest BCUT2D eigenvalue weighted by Gasteiger charge is 2.48. The molecule has 0 aromatic rings. The largest absolute Gasteiger partial charge is 0.380 e. The maximum absolute atomic E-state index is 9.71. The molecule has 0 aromatic carbocycles. The monoisotopic (exact) mass is 157 g/mol. The summed E-state index contributed by atoms with van der Waals surface area (Å²) in [5, 5.41) is 9.71. The highest BCUT2D eigenvalue weighted by Crippen LogP contribution is 2.40. The molecule has 1 saturated carbocycles. The van der Waals surface area contributed by atoms with Crippen LogP contribution in [0.15, 0.2) is 0 Å². The Labute approximate surface area is 66.9 Å². The molecule has 0 aromatic heterocycles. The molecule has 0 radical (unpaired) electrons. The second kappa shape index (κ2) is 2.44. The maximum Gasteiger partial charge on any atom is 0.118 e. The lowest BCUT2D eigenvalue weighted by atomic mass is 10.3. The molecule has 0 amide bonds. The van der Waals surface area contributed by atoms with Crippen molar-refractivity contribution < 1.29 is 9.84 Å². The van der Waals surface area contributed by atoms with Crippen molar-refractivity contribution in [1.82, 2.24) is 4.90 Å². The minimum atomic E-state index is -0.437. The van der Waals surface area contributed by atoms with E-state index in [1.807, 2.05) is 0 Å². The lowest BCUT2D eigenvalue weighted by Gasteiger charge is -2.21. The molecule has 2 fully saturated rings. The fraction of sp³-hybridized carbons (Fsp3) is 1.00. The molecule has 3 heteroatoms. The quantitative estimate of drug-likeness (QED) is 0.621. The number of methoxy groups -OCH3 is 1. The Morgan fingerprint density at radius 3 is 2.73 bits per heavy atom. The first-order valence-corrected chi connectivity index (χ1v) is 4.25. The van der Waals surface area contributed by atoms with Crippen molar-refractivity contribution in [3.63, 3.8) is 0 Å². The summed E-state index contributed by atoms with van der Waals surface area (Å²) in [6.07, 6.45) is 3.31. The van der Waals surface area contributed by atoms with E-state index >= 15 is 0 Å². The molecule has 0 spiro atoms. The van der Waals surface area contributed by atoms with Gasteiger partial charge in [0.1, 0.15) is 5.72 Å². The zero-order valence-electron chi connectivity index (χ0n) is 6.92. The highest BCUT2D eigenvalue weighted by atomic mass is 16.5. The number of nitrogens with zero attached hydrogens (tertiary/aromatic N) is 1. The summed E-state index contributed by atoms with van der Waals surface area (Å²) in [7, 11) is 1.74. The van der Waals surface area contributed by atoms with Crippen molar-refractivity contribution >= 4 is 0 Å². The second-order valence-electron chi connectivity index (χ2n) is 3.57. The van der Waals surface area contributed by atoms with E-state index in [9.17, 15) is 5.11 Å². The van der Waals surface area contributed by atoms with Gasteiger partial charge in [0.15, 0.2) is 0 Å². The normalized spacial score (nSPS) is 36.0. The van der Waals surface area contributed by atoms with Gasteiger partial charge in [0.05, 0.1) is 6.10 Å². The average molecular weight is 157 g/mol. The van der Waals surface area contributed by atoms with Gasteiger partial charge in [-0.1, -0.05) is 0 Å². The fourth-order valence-corrected chi connectivity index (χ4v) is 1.73. The third kappa shape index (κ3) is 1.28. The van der Waals surface area contributed by atoms with Gasteiger partial charge in [-0.3, -0.25) is 4.90 Å². The van der Waals surface area contributed by atoms with Crippen LogP contribution in [0.25, 0.3) is 0 Å². The van der Waals surface area contributed by atoms with Gasteiger partial charge < -0.3 is 9.84 Å². The summed E-state index contributed by atoms with van der Waals surface area (Å²) in [4.78, 5) is 2.14. The topological polar surface area (TPSA) is 32.7 Å². The first-order valence-electron chi connectivity index (χ1n) is 4.25. The molecule has 2 aliphatic rings. The number of hydrogen-bond acceptors (Lipinski definition) is 3. The second-order valence-corrected chi connectivity index (χ2v) is 3.57. The van der Waals surface area contributed by atoms with E-state index in [0.29, 0.717) is 6.10 Å².